The van der Waals surface area contributed by atoms with Gasteiger partial charge in [0.25, 0.3) is 0 Å². The SMILES string of the molecule is Cc1cccc(NC(=S)NCC(=O)NC(C)C)c1. The van der Waals surface area contributed by atoms with E-state index in [1.807, 2.05) is 45.0 Å². The number of thiocarbonyl (C=S) groups is 1. The minimum Gasteiger partial charge on any atom is -0.353 e. The monoisotopic (exact) mass is 265 g/mol. The Labute approximate surface area is 113 Å². The summed E-state index contributed by atoms with van der Waals surface area (Å²) in [4.78, 5) is 11.4. The van der Waals surface area contributed by atoms with Crippen LogP contribution >= 0.6 is 12.2 Å². The third kappa shape index (κ3) is 5.63. The molecule has 0 aliphatic heterocycles. The average Bonchev–Trinajstić information content (AvgIpc) is 2.25. The molecule has 5 heteroatoms. The van der Waals surface area contributed by atoms with Crippen LogP contribution in [0.15, 0.2) is 24.3 Å². The molecule has 98 valence electrons. The number of carbonyl (C=O) groups excluding carboxylic acids is 1. The molecule has 0 saturated heterocycles. The van der Waals surface area contributed by atoms with Crippen LogP contribution in [-0.4, -0.2) is 23.6 Å². The summed E-state index contributed by atoms with van der Waals surface area (Å²) in [5.41, 5.74) is 2.07. The summed E-state index contributed by atoms with van der Waals surface area (Å²) in [5, 5.41) is 9.12. The fourth-order valence-electron chi connectivity index (χ4n) is 1.43. The lowest BCUT2D eigenvalue weighted by Crippen LogP contribution is -2.41. The highest BCUT2D eigenvalue weighted by molar-refractivity contribution is 7.80. The minimum atomic E-state index is -0.0709. The summed E-state index contributed by atoms with van der Waals surface area (Å²) < 4.78 is 0. The molecule has 1 rings (SSSR count). The summed E-state index contributed by atoms with van der Waals surface area (Å²) in [7, 11) is 0. The first kappa shape index (κ1) is 14.4. The van der Waals surface area contributed by atoms with Crippen molar-refractivity contribution in [3.05, 3.63) is 29.8 Å². The first-order chi connectivity index (χ1) is 8.47. The van der Waals surface area contributed by atoms with Crippen molar-refractivity contribution in [3.8, 4) is 0 Å². The standard InChI is InChI=1S/C13H19N3OS/c1-9(2)15-12(17)8-14-13(18)16-11-6-4-5-10(3)7-11/h4-7,9H,8H2,1-3H3,(H,15,17)(H2,14,16,18). The van der Waals surface area contributed by atoms with E-state index in [-0.39, 0.29) is 18.5 Å². The van der Waals surface area contributed by atoms with E-state index in [9.17, 15) is 4.79 Å². The number of nitrogens with one attached hydrogen (secondary N) is 3. The molecule has 1 aromatic rings. The molecule has 3 N–H and O–H groups in total. The van der Waals surface area contributed by atoms with Gasteiger partial charge >= 0.3 is 0 Å². The van der Waals surface area contributed by atoms with Crippen LogP contribution in [0.1, 0.15) is 19.4 Å². The quantitative estimate of drug-likeness (QED) is 0.727. The summed E-state index contributed by atoms with van der Waals surface area (Å²) in [6.45, 7) is 6.02. The van der Waals surface area contributed by atoms with Crippen LogP contribution in [0.4, 0.5) is 5.69 Å². The van der Waals surface area contributed by atoms with E-state index < -0.39 is 0 Å². The molecule has 0 unspecified atom stereocenters. The number of anilines is 1. The van der Waals surface area contributed by atoms with Gasteiger partial charge in [-0.3, -0.25) is 4.79 Å². The van der Waals surface area contributed by atoms with Crippen molar-refractivity contribution in [1.82, 2.24) is 10.6 Å². The molecule has 0 spiro atoms. The van der Waals surface area contributed by atoms with Crippen molar-refractivity contribution in [2.75, 3.05) is 11.9 Å². The van der Waals surface area contributed by atoms with E-state index in [2.05, 4.69) is 16.0 Å². The Morgan fingerprint density at radius 1 is 1.39 bits per heavy atom. The van der Waals surface area contributed by atoms with Gasteiger partial charge in [0.05, 0.1) is 6.54 Å². The zero-order chi connectivity index (χ0) is 13.5. The molecule has 0 radical (unpaired) electrons. The summed E-state index contributed by atoms with van der Waals surface area (Å²) >= 11 is 5.11. The van der Waals surface area contributed by atoms with Crippen LogP contribution < -0.4 is 16.0 Å². The number of benzene rings is 1. The third-order valence-corrected chi connectivity index (χ3v) is 2.38. The van der Waals surface area contributed by atoms with Crippen molar-refractivity contribution in [2.45, 2.75) is 26.8 Å². The van der Waals surface area contributed by atoms with Gasteiger partial charge in [-0.15, -0.1) is 0 Å². The summed E-state index contributed by atoms with van der Waals surface area (Å²) in [5.74, 6) is -0.0709. The molecule has 0 aromatic heterocycles. The maximum atomic E-state index is 11.4. The van der Waals surface area contributed by atoms with Gasteiger partial charge in [0.2, 0.25) is 5.91 Å². The van der Waals surface area contributed by atoms with Crippen molar-refractivity contribution >= 4 is 28.9 Å². The molecule has 0 aliphatic carbocycles. The Kier molecular flexibility index (Phi) is 5.58. The predicted molar refractivity (Wildman–Crippen MR) is 78.7 cm³/mol. The fraction of sp³-hybridized carbons (Fsp3) is 0.385. The predicted octanol–water partition coefficient (Wildman–Crippen LogP) is 1.81. The van der Waals surface area contributed by atoms with Crippen molar-refractivity contribution in [2.24, 2.45) is 0 Å². The minimum absolute atomic E-state index is 0.0709. The zero-order valence-electron chi connectivity index (χ0n) is 10.9. The Morgan fingerprint density at radius 2 is 2.11 bits per heavy atom. The van der Waals surface area contributed by atoms with E-state index in [4.69, 9.17) is 12.2 Å². The van der Waals surface area contributed by atoms with Crippen LogP contribution in [-0.2, 0) is 4.79 Å². The van der Waals surface area contributed by atoms with Crippen molar-refractivity contribution < 1.29 is 4.79 Å². The Hall–Kier alpha value is -1.62. The maximum absolute atomic E-state index is 11.4. The molecular weight excluding hydrogens is 246 g/mol. The van der Waals surface area contributed by atoms with E-state index in [1.54, 1.807) is 0 Å². The van der Waals surface area contributed by atoms with Crippen molar-refractivity contribution in [1.29, 1.82) is 0 Å². The second-order valence-electron chi connectivity index (χ2n) is 4.40. The first-order valence-electron chi connectivity index (χ1n) is 5.88. The zero-order valence-corrected chi connectivity index (χ0v) is 11.7. The van der Waals surface area contributed by atoms with E-state index in [0.29, 0.717) is 5.11 Å². The van der Waals surface area contributed by atoms with Crippen LogP contribution in [0.2, 0.25) is 0 Å². The maximum Gasteiger partial charge on any atom is 0.239 e. The van der Waals surface area contributed by atoms with Crippen LogP contribution in [0.25, 0.3) is 0 Å². The molecular formula is C13H19N3OS. The van der Waals surface area contributed by atoms with Gasteiger partial charge in [0.1, 0.15) is 0 Å². The van der Waals surface area contributed by atoms with Gasteiger partial charge in [-0.1, -0.05) is 12.1 Å². The number of amides is 1. The summed E-state index contributed by atoms with van der Waals surface area (Å²) in [6.07, 6.45) is 0. The smallest absolute Gasteiger partial charge is 0.239 e. The molecule has 0 bridgehead atoms. The highest BCUT2D eigenvalue weighted by atomic mass is 32.1. The van der Waals surface area contributed by atoms with Gasteiger partial charge in [0, 0.05) is 11.7 Å². The molecule has 0 atom stereocenters. The van der Waals surface area contributed by atoms with Gasteiger partial charge in [-0.2, -0.15) is 0 Å². The summed E-state index contributed by atoms with van der Waals surface area (Å²) in [6, 6.07) is 8.01. The molecule has 18 heavy (non-hydrogen) atoms. The van der Waals surface area contributed by atoms with Gasteiger partial charge < -0.3 is 16.0 Å². The lowest BCUT2D eigenvalue weighted by atomic mass is 10.2. The Morgan fingerprint density at radius 3 is 2.72 bits per heavy atom. The highest BCUT2D eigenvalue weighted by Gasteiger charge is 2.04. The second kappa shape index (κ2) is 6.96. The van der Waals surface area contributed by atoms with Gasteiger partial charge in [-0.25, -0.2) is 0 Å². The van der Waals surface area contributed by atoms with E-state index in [1.165, 1.54) is 0 Å². The average molecular weight is 265 g/mol. The van der Waals surface area contributed by atoms with Gasteiger partial charge in [-0.05, 0) is 50.7 Å². The molecule has 0 saturated carbocycles. The number of rotatable bonds is 4. The van der Waals surface area contributed by atoms with Crippen LogP contribution in [0.3, 0.4) is 0 Å². The largest absolute Gasteiger partial charge is 0.353 e. The third-order valence-electron chi connectivity index (χ3n) is 2.14. The van der Waals surface area contributed by atoms with Crippen LogP contribution in [0.5, 0.6) is 0 Å². The van der Waals surface area contributed by atoms with E-state index in [0.717, 1.165) is 11.3 Å². The highest BCUT2D eigenvalue weighted by Crippen LogP contribution is 2.08. The lowest BCUT2D eigenvalue weighted by Gasteiger charge is -2.12. The molecule has 4 nitrogen and oxygen atoms in total. The Balaban J connectivity index is 2.36. The first-order valence-corrected chi connectivity index (χ1v) is 6.29. The number of hydrogen-bond acceptors (Lipinski definition) is 2. The Bertz CT molecular complexity index is 432. The molecule has 1 amide bonds. The van der Waals surface area contributed by atoms with E-state index >= 15 is 0 Å². The van der Waals surface area contributed by atoms with Gasteiger partial charge in [0.15, 0.2) is 5.11 Å². The topological polar surface area (TPSA) is 53.2 Å². The molecule has 0 aliphatic rings. The van der Waals surface area contributed by atoms with Crippen LogP contribution in [0, 0.1) is 6.92 Å². The van der Waals surface area contributed by atoms with Crippen molar-refractivity contribution in [3.63, 3.8) is 0 Å². The molecule has 0 fully saturated rings. The molecule has 1 aromatic carbocycles. The number of hydrogen-bond donors (Lipinski definition) is 3. The normalized spacial score (nSPS) is 10.0. The number of aryl methyl sites for hydroxylation is 1. The fourth-order valence-corrected chi connectivity index (χ4v) is 1.62. The number of carbonyl (C=O) groups is 1. The lowest BCUT2D eigenvalue weighted by molar-refractivity contribution is -0.120. The molecule has 0 heterocycles. The second-order valence-corrected chi connectivity index (χ2v) is 4.81.